The summed E-state index contributed by atoms with van der Waals surface area (Å²) >= 11 is 7.71. The van der Waals surface area contributed by atoms with Gasteiger partial charge in [-0.2, -0.15) is 0 Å². The Kier molecular flexibility index (Phi) is 4.91. The smallest absolute Gasteiger partial charge is 0.169 e. The first-order chi connectivity index (χ1) is 9.11. The Labute approximate surface area is 122 Å². The van der Waals surface area contributed by atoms with Crippen LogP contribution in [-0.2, 0) is 11.3 Å². The van der Waals surface area contributed by atoms with Gasteiger partial charge in [-0.15, -0.1) is 0 Å². The first kappa shape index (κ1) is 14.4. The third-order valence-corrected chi connectivity index (χ3v) is 4.08. The molecule has 102 valence electrons. The van der Waals surface area contributed by atoms with Gasteiger partial charge in [-0.3, -0.25) is 0 Å². The van der Waals surface area contributed by atoms with E-state index in [9.17, 15) is 0 Å². The van der Waals surface area contributed by atoms with Crippen LogP contribution in [0.2, 0.25) is 5.02 Å². The van der Waals surface area contributed by atoms with E-state index in [1.165, 1.54) is 0 Å². The van der Waals surface area contributed by atoms with Gasteiger partial charge in [0, 0.05) is 24.4 Å². The summed E-state index contributed by atoms with van der Waals surface area (Å²) in [6, 6.07) is 5.79. The highest BCUT2D eigenvalue weighted by molar-refractivity contribution is 7.99. The zero-order chi connectivity index (χ0) is 13.8. The zero-order valence-electron chi connectivity index (χ0n) is 11.1. The number of halogens is 1. The van der Waals surface area contributed by atoms with Crippen LogP contribution < -0.4 is 0 Å². The molecule has 0 saturated heterocycles. The van der Waals surface area contributed by atoms with Crippen LogP contribution in [0.1, 0.15) is 6.92 Å². The van der Waals surface area contributed by atoms with E-state index in [1.807, 2.05) is 25.1 Å². The molecule has 0 aliphatic carbocycles. The molecule has 3 nitrogen and oxygen atoms in total. The summed E-state index contributed by atoms with van der Waals surface area (Å²) in [7, 11) is 1.71. The number of rotatable bonds is 6. The quantitative estimate of drug-likeness (QED) is 0.595. The van der Waals surface area contributed by atoms with Crippen molar-refractivity contribution in [3.05, 3.63) is 35.4 Å². The van der Waals surface area contributed by atoms with Gasteiger partial charge >= 0.3 is 0 Å². The summed E-state index contributed by atoms with van der Waals surface area (Å²) in [6.45, 7) is 7.39. The summed E-state index contributed by atoms with van der Waals surface area (Å²) in [5.74, 6) is 0.865. The van der Waals surface area contributed by atoms with Crippen molar-refractivity contribution in [3.8, 4) is 0 Å². The van der Waals surface area contributed by atoms with E-state index >= 15 is 0 Å². The molecule has 0 aliphatic heterocycles. The highest BCUT2D eigenvalue weighted by atomic mass is 35.5. The lowest BCUT2D eigenvalue weighted by molar-refractivity contribution is 0.186. The van der Waals surface area contributed by atoms with Crippen LogP contribution in [0.15, 0.2) is 35.5 Å². The lowest BCUT2D eigenvalue weighted by Gasteiger charge is -2.08. The molecule has 2 rings (SSSR count). The average Bonchev–Trinajstić information content (AvgIpc) is 2.70. The number of methoxy groups -OCH3 is 1. The molecule has 0 amide bonds. The van der Waals surface area contributed by atoms with Gasteiger partial charge in [0.2, 0.25) is 0 Å². The number of fused-ring (bicyclic) bond motifs is 1. The van der Waals surface area contributed by atoms with Gasteiger partial charge in [-0.05, 0) is 25.1 Å². The summed E-state index contributed by atoms with van der Waals surface area (Å²) in [5, 5.41) is 1.69. The Morgan fingerprint density at radius 1 is 1.53 bits per heavy atom. The molecule has 2 aromatic rings. The molecule has 0 N–H and O–H groups in total. The number of imidazole rings is 1. The molecule has 19 heavy (non-hydrogen) atoms. The topological polar surface area (TPSA) is 27.1 Å². The molecule has 1 aromatic heterocycles. The third-order valence-electron chi connectivity index (χ3n) is 2.64. The first-order valence-corrected chi connectivity index (χ1v) is 7.40. The lowest BCUT2D eigenvalue weighted by atomic mass is 10.3. The molecule has 1 heterocycles. The molecule has 5 heteroatoms. The summed E-state index contributed by atoms with van der Waals surface area (Å²) < 4.78 is 7.34. The number of ether oxygens (including phenoxy) is 1. The first-order valence-electron chi connectivity index (χ1n) is 6.03. The fourth-order valence-electron chi connectivity index (χ4n) is 1.78. The van der Waals surface area contributed by atoms with Crippen LogP contribution in [0.25, 0.3) is 11.0 Å². The minimum Gasteiger partial charge on any atom is -0.383 e. The molecular formula is C14H17ClN2OS. The highest BCUT2D eigenvalue weighted by Gasteiger charge is 2.11. The minimum absolute atomic E-state index is 0.661. The predicted octanol–water partition coefficient (Wildman–Crippen LogP) is 4.00. The maximum absolute atomic E-state index is 6.02. The van der Waals surface area contributed by atoms with Gasteiger partial charge in [-0.25, -0.2) is 4.98 Å². The van der Waals surface area contributed by atoms with E-state index in [0.29, 0.717) is 11.6 Å². The van der Waals surface area contributed by atoms with Crippen LogP contribution in [-0.4, -0.2) is 29.0 Å². The van der Waals surface area contributed by atoms with Crippen molar-refractivity contribution < 1.29 is 4.74 Å². The maximum Gasteiger partial charge on any atom is 0.169 e. The van der Waals surface area contributed by atoms with Crippen molar-refractivity contribution in [2.24, 2.45) is 0 Å². The van der Waals surface area contributed by atoms with Gasteiger partial charge in [0.1, 0.15) is 0 Å². The van der Waals surface area contributed by atoms with E-state index < -0.39 is 0 Å². The molecular weight excluding hydrogens is 280 g/mol. The van der Waals surface area contributed by atoms with Crippen molar-refractivity contribution >= 4 is 34.4 Å². The Morgan fingerprint density at radius 2 is 2.32 bits per heavy atom. The van der Waals surface area contributed by atoms with Gasteiger partial charge in [0.05, 0.1) is 17.6 Å². The number of aromatic nitrogens is 2. The fraction of sp³-hybridized carbons (Fsp3) is 0.357. The lowest BCUT2D eigenvalue weighted by Crippen LogP contribution is -2.05. The van der Waals surface area contributed by atoms with Crippen LogP contribution in [0.4, 0.5) is 0 Å². The second kappa shape index (κ2) is 6.46. The fourth-order valence-corrected chi connectivity index (χ4v) is 2.83. The Morgan fingerprint density at radius 3 is 3.00 bits per heavy atom. The van der Waals surface area contributed by atoms with Crippen LogP contribution >= 0.6 is 23.4 Å². The SMILES string of the molecule is C=C(C)CSc1nc2cc(Cl)ccc2n1CCOC. The molecule has 0 atom stereocenters. The Hall–Kier alpha value is -0.970. The van der Waals surface area contributed by atoms with Crippen LogP contribution in [0, 0.1) is 0 Å². The summed E-state index contributed by atoms with van der Waals surface area (Å²) in [4.78, 5) is 4.64. The van der Waals surface area contributed by atoms with Gasteiger partial charge in [0.15, 0.2) is 5.16 Å². The molecule has 0 aliphatic rings. The van der Waals surface area contributed by atoms with Gasteiger partial charge in [-0.1, -0.05) is 35.5 Å². The average molecular weight is 297 g/mol. The highest BCUT2D eigenvalue weighted by Crippen LogP contribution is 2.27. The Bertz CT molecular complexity index is 594. The molecule has 0 unspecified atom stereocenters. The molecule has 1 aromatic carbocycles. The van der Waals surface area contributed by atoms with Gasteiger partial charge in [0.25, 0.3) is 0 Å². The predicted molar refractivity (Wildman–Crippen MR) is 82.2 cm³/mol. The standard InChI is InChI=1S/C14H17ClN2OS/c1-10(2)9-19-14-16-12-8-11(15)4-5-13(12)17(14)6-7-18-3/h4-5,8H,1,6-7,9H2,2-3H3. The normalized spacial score (nSPS) is 11.1. The molecule has 0 saturated carbocycles. The third kappa shape index (κ3) is 3.53. The number of thioether (sulfide) groups is 1. The van der Waals surface area contributed by atoms with E-state index in [2.05, 4.69) is 16.1 Å². The van der Waals surface area contributed by atoms with Crippen molar-refractivity contribution in [2.75, 3.05) is 19.5 Å². The van der Waals surface area contributed by atoms with Crippen LogP contribution in [0.5, 0.6) is 0 Å². The Balaban J connectivity index is 2.38. The number of benzene rings is 1. The van der Waals surface area contributed by atoms with E-state index in [4.69, 9.17) is 16.3 Å². The monoisotopic (exact) mass is 296 g/mol. The molecule has 0 spiro atoms. The zero-order valence-corrected chi connectivity index (χ0v) is 12.7. The van der Waals surface area contributed by atoms with Crippen molar-refractivity contribution in [2.45, 2.75) is 18.6 Å². The second-order valence-corrected chi connectivity index (χ2v) is 5.80. The summed E-state index contributed by atoms with van der Waals surface area (Å²) in [6.07, 6.45) is 0. The minimum atomic E-state index is 0.661. The van der Waals surface area contributed by atoms with Crippen molar-refractivity contribution in [1.82, 2.24) is 9.55 Å². The van der Waals surface area contributed by atoms with Crippen LogP contribution in [0.3, 0.4) is 0 Å². The van der Waals surface area contributed by atoms with Crippen molar-refractivity contribution in [1.29, 1.82) is 0 Å². The number of nitrogens with zero attached hydrogens (tertiary/aromatic N) is 2. The molecule has 0 radical (unpaired) electrons. The summed E-state index contributed by atoms with van der Waals surface area (Å²) in [5.41, 5.74) is 3.15. The molecule has 0 bridgehead atoms. The number of hydrogen-bond donors (Lipinski definition) is 0. The number of hydrogen-bond acceptors (Lipinski definition) is 3. The van der Waals surface area contributed by atoms with E-state index in [0.717, 1.165) is 34.1 Å². The maximum atomic E-state index is 6.02. The van der Waals surface area contributed by atoms with E-state index in [-0.39, 0.29) is 0 Å². The van der Waals surface area contributed by atoms with Gasteiger partial charge < -0.3 is 9.30 Å². The largest absolute Gasteiger partial charge is 0.383 e. The molecule has 0 fully saturated rings. The van der Waals surface area contributed by atoms with Crippen molar-refractivity contribution in [3.63, 3.8) is 0 Å². The van der Waals surface area contributed by atoms with E-state index in [1.54, 1.807) is 18.9 Å². The second-order valence-electron chi connectivity index (χ2n) is 4.42.